The van der Waals surface area contributed by atoms with Crippen molar-refractivity contribution in [1.82, 2.24) is 0 Å². The lowest BCUT2D eigenvalue weighted by Gasteiger charge is -2.35. The van der Waals surface area contributed by atoms with E-state index in [1.807, 2.05) is 25.1 Å². The Kier molecular flexibility index (Phi) is 5.81. The smallest absolute Gasteiger partial charge is 0.288 e. The Balaban J connectivity index is 2.23. The summed E-state index contributed by atoms with van der Waals surface area (Å²) in [5, 5.41) is 3.56. The Morgan fingerprint density at radius 3 is 1.42 bits per heavy atom. The molecule has 3 aromatic carbocycles. The molecule has 132 valence electrons. The first-order chi connectivity index (χ1) is 12.6. The van der Waals surface area contributed by atoms with Gasteiger partial charge in [0.15, 0.2) is 0 Å². The van der Waals surface area contributed by atoms with Crippen LogP contribution in [0.3, 0.4) is 0 Å². The summed E-state index contributed by atoms with van der Waals surface area (Å²) < 4.78 is 6.83. The first kappa shape index (κ1) is 18.3. The number of benzene rings is 3. The molecule has 26 heavy (non-hydrogen) atoms. The summed E-state index contributed by atoms with van der Waals surface area (Å²) in [4.78, 5) is 11.7. The van der Waals surface area contributed by atoms with E-state index in [2.05, 4.69) is 72.8 Å². The molecule has 0 heterocycles. The van der Waals surface area contributed by atoms with Crippen molar-refractivity contribution >= 4 is 29.7 Å². The molecule has 0 amide bonds. The average molecular weight is 361 g/mol. The quantitative estimate of drug-likeness (QED) is 0.478. The Labute approximate surface area is 156 Å². The number of carbonyl (C=O) groups is 1. The van der Waals surface area contributed by atoms with Crippen LogP contribution in [0.15, 0.2) is 91.0 Å². The molecule has 0 bridgehead atoms. The molecule has 1 atom stereocenters. The van der Waals surface area contributed by atoms with E-state index in [9.17, 15) is 4.79 Å². The van der Waals surface area contributed by atoms with Crippen molar-refractivity contribution in [2.75, 3.05) is 0 Å². The minimum Gasteiger partial charge on any atom is -0.401 e. The maximum Gasteiger partial charge on any atom is 0.288 e. The second kappa shape index (κ2) is 8.26. The van der Waals surface area contributed by atoms with Crippen molar-refractivity contribution in [2.45, 2.75) is 26.4 Å². The fourth-order valence-corrected chi connectivity index (χ4v) is 7.55. The summed E-state index contributed by atoms with van der Waals surface area (Å²) in [5.74, 6) is 0.148. The predicted molar refractivity (Wildman–Crippen MR) is 110 cm³/mol. The van der Waals surface area contributed by atoms with Crippen molar-refractivity contribution in [2.24, 2.45) is 0 Å². The minimum absolute atomic E-state index is 0.148. The van der Waals surface area contributed by atoms with Crippen molar-refractivity contribution in [3.8, 4) is 0 Å². The predicted octanol–water partition coefficient (Wildman–Crippen LogP) is 3.04. The van der Waals surface area contributed by atoms with Gasteiger partial charge in [-0.15, -0.1) is 0 Å². The summed E-state index contributed by atoms with van der Waals surface area (Å²) in [6, 6.07) is 31.3. The number of hydrogen-bond acceptors (Lipinski definition) is 2. The average Bonchev–Trinajstić information content (AvgIpc) is 2.67. The van der Waals surface area contributed by atoms with Crippen LogP contribution in [0.1, 0.15) is 20.3 Å². The molecule has 0 aliphatic heterocycles. The summed E-state index contributed by atoms with van der Waals surface area (Å²) >= 11 is 0. The lowest BCUT2D eigenvalue weighted by molar-refractivity contribution is -0.118. The van der Waals surface area contributed by atoms with Crippen LogP contribution in [0, 0.1) is 0 Å². The number of Topliss-reactive ketones (excluding diaryl/α,β-unsaturated/α-hetero) is 1. The zero-order valence-electron chi connectivity index (χ0n) is 15.3. The molecule has 0 radical (unpaired) electrons. The first-order valence-electron chi connectivity index (χ1n) is 8.97. The molecule has 2 nitrogen and oxygen atoms in total. The van der Waals surface area contributed by atoms with Gasteiger partial charge in [0.2, 0.25) is 0 Å². The molecular formula is C23H24O2Si. The molecule has 0 aliphatic rings. The highest BCUT2D eigenvalue weighted by atomic mass is 28.4. The molecule has 3 rings (SSSR count). The molecule has 3 aromatic rings. The van der Waals surface area contributed by atoms with E-state index in [0.29, 0.717) is 6.42 Å². The van der Waals surface area contributed by atoms with Crippen LogP contribution >= 0.6 is 0 Å². The number of hydrogen-bond donors (Lipinski definition) is 0. The molecule has 0 aromatic heterocycles. The van der Waals surface area contributed by atoms with Gasteiger partial charge in [0.1, 0.15) is 5.78 Å². The lowest BCUT2D eigenvalue weighted by Crippen LogP contribution is -2.70. The topological polar surface area (TPSA) is 26.3 Å². The van der Waals surface area contributed by atoms with Gasteiger partial charge in [-0.1, -0.05) is 91.0 Å². The van der Waals surface area contributed by atoms with Gasteiger partial charge in [-0.25, -0.2) is 0 Å². The Morgan fingerprint density at radius 1 is 0.769 bits per heavy atom. The molecule has 1 unspecified atom stereocenters. The highest BCUT2D eigenvalue weighted by molar-refractivity contribution is 7.07. The van der Waals surface area contributed by atoms with E-state index in [0.717, 1.165) is 0 Å². The van der Waals surface area contributed by atoms with E-state index >= 15 is 0 Å². The second-order valence-corrected chi connectivity index (χ2v) is 9.94. The van der Waals surface area contributed by atoms with E-state index in [1.54, 1.807) is 6.92 Å². The maximum atomic E-state index is 11.7. The fourth-order valence-electron chi connectivity index (χ4n) is 3.47. The molecule has 0 fully saturated rings. The van der Waals surface area contributed by atoms with Gasteiger partial charge in [0, 0.05) is 6.42 Å². The maximum absolute atomic E-state index is 11.7. The summed E-state index contributed by atoms with van der Waals surface area (Å²) in [6.45, 7) is 3.62. The highest BCUT2D eigenvalue weighted by Crippen LogP contribution is 2.14. The van der Waals surface area contributed by atoms with E-state index in [1.165, 1.54) is 15.6 Å². The van der Waals surface area contributed by atoms with Crippen LogP contribution in [0.2, 0.25) is 0 Å². The molecule has 0 spiro atoms. The van der Waals surface area contributed by atoms with E-state index in [-0.39, 0.29) is 11.9 Å². The zero-order valence-corrected chi connectivity index (χ0v) is 16.3. The van der Waals surface area contributed by atoms with E-state index < -0.39 is 8.32 Å². The van der Waals surface area contributed by atoms with Gasteiger partial charge in [0.25, 0.3) is 8.32 Å². The Morgan fingerprint density at radius 2 is 1.12 bits per heavy atom. The van der Waals surface area contributed by atoms with Crippen LogP contribution in [0.4, 0.5) is 0 Å². The van der Waals surface area contributed by atoms with Gasteiger partial charge in [0.05, 0.1) is 6.10 Å². The first-order valence-corrected chi connectivity index (χ1v) is 10.9. The normalized spacial score (nSPS) is 12.5. The van der Waals surface area contributed by atoms with Crippen LogP contribution in [0.5, 0.6) is 0 Å². The third-order valence-electron chi connectivity index (χ3n) is 4.49. The SMILES string of the molecule is CC(=O)CC(C)O[Si](c1ccccc1)(c1ccccc1)c1ccccc1. The molecule has 0 aliphatic carbocycles. The van der Waals surface area contributed by atoms with Crippen LogP contribution < -0.4 is 15.6 Å². The highest BCUT2D eigenvalue weighted by Gasteiger charge is 2.43. The van der Waals surface area contributed by atoms with Crippen LogP contribution in [-0.2, 0) is 9.22 Å². The van der Waals surface area contributed by atoms with Crippen molar-refractivity contribution < 1.29 is 9.22 Å². The van der Waals surface area contributed by atoms with Crippen molar-refractivity contribution in [3.63, 3.8) is 0 Å². The Hall–Kier alpha value is -2.49. The van der Waals surface area contributed by atoms with Crippen molar-refractivity contribution in [1.29, 1.82) is 0 Å². The largest absolute Gasteiger partial charge is 0.401 e. The monoisotopic (exact) mass is 360 g/mol. The second-order valence-electron chi connectivity index (χ2n) is 6.61. The molecular weight excluding hydrogens is 336 g/mol. The van der Waals surface area contributed by atoms with Crippen LogP contribution in [0.25, 0.3) is 0 Å². The van der Waals surface area contributed by atoms with Gasteiger partial charge in [-0.05, 0) is 29.4 Å². The number of carbonyl (C=O) groups excluding carboxylic acids is 1. The molecule has 0 N–H and O–H groups in total. The summed E-state index contributed by atoms with van der Waals surface area (Å²) in [6.07, 6.45) is 0.265. The minimum atomic E-state index is -2.71. The number of rotatable bonds is 7. The lowest BCUT2D eigenvalue weighted by atomic mass is 10.2. The van der Waals surface area contributed by atoms with Gasteiger partial charge >= 0.3 is 0 Å². The zero-order chi connectivity index (χ0) is 18.4. The molecule has 0 saturated carbocycles. The van der Waals surface area contributed by atoms with Gasteiger partial charge < -0.3 is 4.43 Å². The summed E-state index contributed by atoms with van der Waals surface area (Å²) in [5.41, 5.74) is 0. The van der Waals surface area contributed by atoms with Crippen LogP contribution in [-0.4, -0.2) is 20.2 Å². The van der Waals surface area contributed by atoms with Crippen molar-refractivity contribution in [3.05, 3.63) is 91.0 Å². The third kappa shape index (κ3) is 3.84. The standard InChI is InChI=1S/C23H24O2Si/c1-19(24)18-20(2)25-26(21-12-6-3-7-13-21,22-14-8-4-9-15-22)23-16-10-5-11-17-23/h3-17,20H,18H2,1-2H3. The fraction of sp³-hybridized carbons (Fsp3) is 0.174. The van der Waals surface area contributed by atoms with Gasteiger partial charge in [-0.3, -0.25) is 4.79 Å². The van der Waals surface area contributed by atoms with Gasteiger partial charge in [-0.2, -0.15) is 0 Å². The third-order valence-corrected chi connectivity index (χ3v) is 8.69. The Bertz CT molecular complexity index is 735. The van der Waals surface area contributed by atoms with E-state index in [4.69, 9.17) is 4.43 Å². The molecule has 3 heteroatoms. The summed E-state index contributed by atoms with van der Waals surface area (Å²) in [7, 11) is -2.71. The number of ketones is 1. The molecule has 0 saturated heterocycles.